The maximum absolute atomic E-state index is 11.3. The fourth-order valence-corrected chi connectivity index (χ4v) is 2.12. The van der Waals surface area contributed by atoms with Crippen molar-refractivity contribution < 1.29 is 14.6 Å². The third kappa shape index (κ3) is 2.31. The van der Waals surface area contributed by atoms with Gasteiger partial charge in [0.25, 0.3) is 0 Å². The maximum Gasteiger partial charge on any atom is 0.339 e. The highest BCUT2D eigenvalue weighted by Gasteiger charge is 2.15. The molecule has 0 atom stereocenters. The maximum atomic E-state index is 11.3. The highest BCUT2D eigenvalue weighted by atomic mass is 16.5. The van der Waals surface area contributed by atoms with Crippen LogP contribution in [-0.4, -0.2) is 25.6 Å². The number of hydrogen-bond acceptors (Lipinski definition) is 4. The fraction of sp³-hybridized carbons (Fsp3) is 0.133. The molecule has 6 heteroatoms. The zero-order valence-electron chi connectivity index (χ0n) is 11.6. The van der Waals surface area contributed by atoms with E-state index in [1.807, 2.05) is 24.6 Å². The summed E-state index contributed by atoms with van der Waals surface area (Å²) in [6.07, 6.45) is 3.26. The Balaban J connectivity index is 2.09. The third-order valence-corrected chi connectivity index (χ3v) is 3.18. The summed E-state index contributed by atoms with van der Waals surface area (Å²) in [6.45, 7) is 1.83. The number of benzene rings is 1. The molecule has 0 amide bonds. The summed E-state index contributed by atoms with van der Waals surface area (Å²) in [6, 6.07) is 6.81. The van der Waals surface area contributed by atoms with Crippen molar-refractivity contribution in [2.24, 2.45) is 7.05 Å². The van der Waals surface area contributed by atoms with Crippen LogP contribution in [-0.2, 0) is 7.05 Å². The van der Waals surface area contributed by atoms with Crippen molar-refractivity contribution >= 4 is 17.0 Å². The van der Waals surface area contributed by atoms with Crippen LogP contribution in [0.15, 0.2) is 36.8 Å². The summed E-state index contributed by atoms with van der Waals surface area (Å²) in [4.78, 5) is 19.7. The van der Waals surface area contributed by atoms with Crippen LogP contribution >= 0.6 is 0 Å². The lowest BCUT2D eigenvalue weighted by Crippen LogP contribution is -2.01. The Morgan fingerprint density at radius 3 is 2.86 bits per heavy atom. The lowest BCUT2D eigenvalue weighted by Gasteiger charge is -2.09. The minimum atomic E-state index is -1.04. The van der Waals surface area contributed by atoms with E-state index < -0.39 is 5.97 Å². The van der Waals surface area contributed by atoms with Crippen molar-refractivity contribution in [3.63, 3.8) is 0 Å². The number of nitrogens with zero attached hydrogens (tertiary/aromatic N) is 3. The van der Waals surface area contributed by atoms with E-state index >= 15 is 0 Å². The number of aromatic nitrogens is 3. The smallest absolute Gasteiger partial charge is 0.339 e. The van der Waals surface area contributed by atoms with Crippen LogP contribution in [0.3, 0.4) is 0 Å². The molecule has 0 bridgehead atoms. The van der Waals surface area contributed by atoms with Gasteiger partial charge in [-0.3, -0.25) is 0 Å². The van der Waals surface area contributed by atoms with E-state index in [-0.39, 0.29) is 11.3 Å². The topological polar surface area (TPSA) is 77.2 Å². The molecule has 0 fully saturated rings. The van der Waals surface area contributed by atoms with E-state index in [4.69, 9.17) is 4.74 Å². The molecule has 3 aromatic rings. The molecule has 21 heavy (non-hydrogen) atoms. The first-order valence-corrected chi connectivity index (χ1v) is 6.34. The molecule has 2 heterocycles. The van der Waals surface area contributed by atoms with Gasteiger partial charge >= 0.3 is 5.97 Å². The predicted molar refractivity (Wildman–Crippen MR) is 76.7 cm³/mol. The second-order valence-corrected chi connectivity index (χ2v) is 4.75. The van der Waals surface area contributed by atoms with E-state index in [2.05, 4.69) is 9.97 Å². The Morgan fingerprint density at radius 1 is 1.29 bits per heavy atom. The normalized spacial score (nSPS) is 10.8. The number of carbonyl (C=O) groups is 1. The summed E-state index contributed by atoms with van der Waals surface area (Å²) in [5.74, 6) is -0.500. The molecule has 0 saturated carbocycles. The monoisotopic (exact) mass is 283 g/mol. The number of rotatable bonds is 3. The average Bonchev–Trinajstić information content (AvgIpc) is 2.83. The summed E-state index contributed by atoms with van der Waals surface area (Å²) in [5.41, 5.74) is 2.41. The number of fused-ring (bicyclic) bond motifs is 1. The molecule has 0 saturated heterocycles. The number of carboxylic acid groups (broad SMARTS) is 1. The minimum absolute atomic E-state index is 0.102. The molecule has 0 unspecified atom stereocenters. The molecule has 0 spiro atoms. The van der Waals surface area contributed by atoms with Gasteiger partial charge in [0, 0.05) is 13.2 Å². The van der Waals surface area contributed by atoms with E-state index in [1.165, 1.54) is 0 Å². The van der Waals surface area contributed by atoms with Crippen molar-refractivity contribution in [1.29, 1.82) is 0 Å². The number of carboxylic acids is 1. The Hall–Kier alpha value is -2.89. The largest absolute Gasteiger partial charge is 0.478 e. The lowest BCUT2D eigenvalue weighted by molar-refractivity contribution is 0.0694. The van der Waals surface area contributed by atoms with E-state index in [1.54, 1.807) is 30.7 Å². The van der Waals surface area contributed by atoms with Gasteiger partial charge in [0.05, 0.1) is 11.8 Å². The van der Waals surface area contributed by atoms with Gasteiger partial charge in [-0.25, -0.2) is 14.8 Å². The van der Waals surface area contributed by atoms with E-state index in [9.17, 15) is 9.90 Å². The Bertz CT molecular complexity index is 839. The van der Waals surface area contributed by atoms with Crippen molar-refractivity contribution in [2.45, 2.75) is 6.92 Å². The Kier molecular flexibility index (Phi) is 3.06. The summed E-state index contributed by atoms with van der Waals surface area (Å²) < 4.78 is 7.53. The molecule has 1 aromatic carbocycles. The summed E-state index contributed by atoms with van der Waals surface area (Å²) in [7, 11) is 1.87. The second-order valence-electron chi connectivity index (χ2n) is 4.75. The van der Waals surface area contributed by atoms with Gasteiger partial charge in [0.1, 0.15) is 11.3 Å². The standard InChI is InChI=1S/C15H13N3O3/c1-9-3-4-12(10(7-9)15(19)20)21-14-13-11(5-6-16-14)18(2)8-17-13/h3-8H,1-2H3,(H,19,20). The highest BCUT2D eigenvalue weighted by molar-refractivity contribution is 5.91. The Morgan fingerprint density at radius 2 is 2.10 bits per heavy atom. The second kappa shape index (κ2) is 4.90. The molecule has 2 aromatic heterocycles. The van der Waals surface area contributed by atoms with Crippen LogP contribution in [0.2, 0.25) is 0 Å². The van der Waals surface area contributed by atoms with Gasteiger partial charge in [-0.2, -0.15) is 0 Å². The first-order chi connectivity index (χ1) is 10.1. The summed E-state index contributed by atoms with van der Waals surface area (Å²) in [5, 5.41) is 9.27. The zero-order chi connectivity index (χ0) is 15.0. The van der Waals surface area contributed by atoms with Crippen molar-refractivity contribution in [3.05, 3.63) is 47.9 Å². The summed E-state index contributed by atoms with van der Waals surface area (Å²) >= 11 is 0. The first-order valence-electron chi connectivity index (χ1n) is 6.34. The van der Waals surface area contributed by atoms with Crippen molar-refractivity contribution in [2.75, 3.05) is 0 Å². The number of aromatic carboxylic acids is 1. The van der Waals surface area contributed by atoms with Gasteiger partial charge in [-0.05, 0) is 25.1 Å². The first kappa shape index (κ1) is 13.1. The van der Waals surface area contributed by atoms with Crippen LogP contribution in [0.5, 0.6) is 11.6 Å². The van der Waals surface area contributed by atoms with Gasteiger partial charge in [0.15, 0.2) is 5.52 Å². The van der Waals surface area contributed by atoms with Gasteiger partial charge < -0.3 is 14.4 Å². The van der Waals surface area contributed by atoms with Gasteiger partial charge in [-0.1, -0.05) is 11.6 Å². The van der Waals surface area contributed by atoms with Gasteiger partial charge in [-0.15, -0.1) is 0 Å². The van der Waals surface area contributed by atoms with Crippen LogP contribution < -0.4 is 4.74 Å². The van der Waals surface area contributed by atoms with Crippen molar-refractivity contribution in [3.8, 4) is 11.6 Å². The lowest BCUT2D eigenvalue weighted by atomic mass is 10.1. The van der Waals surface area contributed by atoms with Crippen LogP contribution in [0.25, 0.3) is 11.0 Å². The van der Waals surface area contributed by atoms with Crippen molar-refractivity contribution in [1.82, 2.24) is 14.5 Å². The SMILES string of the molecule is Cc1ccc(Oc2nccc3c2ncn3C)c(C(=O)O)c1. The average molecular weight is 283 g/mol. The van der Waals surface area contributed by atoms with Crippen LogP contribution in [0.4, 0.5) is 0 Å². The molecule has 0 aliphatic carbocycles. The highest BCUT2D eigenvalue weighted by Crippen LogP contribution is 2.29. The number of imidazole rings is 1. The number of hydrogen-bond donors (Lipinski definition) is 1. The van der Waals surface area contributed by atoms with Crippen LogP contribution in [0, 0.1) is 6.92 Å². The molecule has 106 valence electrons. The molecule has 0 aliphatic rings. The number of ether oxygens (including phenoxy) is 1. The molecule has 0 radical (unpaired) electrons. The molecule has 3 rings (SSSR count). The third-order valence-electron chi connectivity index (χ3n) is 3.18. The zero-order valence-corrected chi connectivity index (χ0v) is 11.6. The fourth-order valence-electron chi connectivity index (χ4n) is 2.12. The predicted octanol–water partition coefficient (Wildman–Crippen LogP) is 2.77. The van der Waals surface area contributed by atoms with Gasteiger partial charge in [0.2, 0.25) is 5.88 Å². The number of pyridine rings is 1. The quantitative estimate of drug-likeness (QED) is 0.799. The molecule has 6 nitrogen and oxygen atoms in total. The number of aryl methyl sites for hydroxylation is 2. The van der Waals surface area contributed by atoms with Crippen LogP contribution in [0.1, 0.15) is 15.9 Å². The molecular formula is C15H13N3O3. The molecule has 1 N–H and O–H groups in total. The Labute approximate surface area is 120 Å². The van der Waals surface area contributed by atoms with E-state index in [0.717, 1.165) is 11.1 Å². The molecular weight excluding hydrogens is 270 g/mol. The minimum Gasteiger partial charge on any atom is -0.478 e. The molecule has 0 aliphatic heterocycles. The van der Waals surface area contributed by atoms with E-state index in [0.29, 0.717) is 11.4 Å².